The van der Waals surface area contributed by atoms with Crippen molar-refractivity contribution < 1.29 is 67.0 Å². The summed E-state index contributed by atoms with van der Waals surface area (Å²) in [5, 5.41) is 13.3. The Bertz CT molecular complexity index is 1950. The van der Waals surface area contributed by atoms with Crippen LogP contribution in [-0.2, 0) is 63.0 Å². The van der Waals surface area contributed by atoms with E-state index in [0.717, 1.165) is 13.8 Å². The van der Waals surface area contributed by atoms with E-state index < -0.39 is 112 Å². The van der Waals surface area contributed by atoms with E-state index in [2.05, 4.69) is 6.58 Å². The maximum Gasteiger partial charge on any atom is 0.338 e. The van der Waals surface area contributed by atoms with Crippen molar-refractivity contribution in [2.75, 3.05) is 0 Å². The molecule has 56 heavy (non-hydrogen) atoms. The zero-order valence-electron chi connectivity index (χ0n) is 32.6. The molecule has 7 rings (SSSR count). The fraction of sp³-hybridized carbons (Fsp3) is 0.548. The van der Waals surface area contributed by atoms with E-state index in [-0.39, 0.29) is 12.0 Å². The van der Waals surface area contributed by atoms with Crippen LogP contribution < -0.4 is 0 Å². The second-order valence-electron chi connectivity index (χ2n) is 16.1. The number of carbonyl (C=O) groups is 5. The molecule has 2 aromatic rings. The van der Waals surface area contributed by atoms with Crippen LogP contribution in [0.2, 0.25) is 0 Å². The molecule has 0 spiro atoms. The summed E-state index contributed by atoms with van der Waals surface area (Å²) in [4.78, 5) is 67.4. The number of aliphatic hydroxyl groups is 1. The quantitative estimate of drug-likeness (QED) is 0.228. The minimum Gasteiger partial charge on any atom is -0.459 e. The normalized spacial score (nSPS) is 41.6. The molecule has 2 aliphatic heterocycles. The van der Waals surface area contributed by atoms with Crippen LogP contribution in [0.25, 0.3) is 0 Å². The van der Waals surface area contributed by atoms with Crippen LogP contribution in [-0.4, -0.2) is 87.9 Å². The molecule has 14 atom stereocenters. The van der Waals surface area contributed by atoms with Crippen LogP contribution in [0, 0.1) is 23.7 Å². The Hall–Kier alpha value is -4.63. The fourth-order valence-electron chi connectivity index (χ4n) is 10.8. The van der Waals surface area contributed by atoms with Crippen molar-refractivity contribution in [3.05, 3.63) is 83.9 Å². The Morgan fingerprint density at radius 3 is 1.84 bits per heavy atom. The predicted octanol–water partition coefficient (Wildman–Crippen LogP) is 4.31. The highest BCUT2D eigenvalue weighted by atomic mass is 16.9. The summed E-state index contributed by atoms with van der Waals surface area (Å²) >= 11 is 0. The molecule has 3 aliphatic carbocycles. The molecule has 1 N–H and O–H groups in total. The van der Waals surface area contributed by atoms with Crippen molar-refractivity contribution in [2.24, 2.45) is 23.7 Å². The molecule has 0 amide bonds. The molecule has 14 nitrogen and oxygen atoms in total. The number of ether oxygens (including phenoxy) is 8. The predicted molar refractivity (Wildman–Crippen MR) is 193 cm³/mol. The third-order valence-corrected chi connectivity index (χ3v) is 12.5. The standard InChI is InChI=1S/C42H48O14/c1-21(2)39-33(50-25(6)44)23(4)40-30-20-22(3)32(49-24(5)43)41(30,54-36(47)28-16-12-10-13-17-28)37(52-27(8)46)38(9,48)34(51-26(7)45)31(40)35(39)53-42(55-39,56-40)29-18-14-11-15-19-29/h10-19,22-23,30-35,37,48H,1,20H2,2-9H3. The average Bonchev–Trinajstić information content (AvgIpc) is 3.53. The zero-order chi connectivity index (χ0) is 40.7. The molecule has 0 aromatic heterocycles. The van der Waals surface area contributed by atoms with E-state index in [1.807, 2.05) is 0 Å². The Morgan fingerprint density at radius 2 is 1.29 bits per heavy atom. The number of rotatable bonds is 8. The van der Waals surface area contributed by atoms with E-state index in [1.165, 1.54) is 32.9 Å². The smallest absolute Gasteiger partial charge is 0.338 e. The molecule has 300 valence electrons. The lowest BCUT2D eigenvalue weighted by Gasteiger charge is -2.62. The first-order valence-corrected chi connectivity index (χ1v) is 18.8. The summed E-state index contributed by atoms with van der Waals surface area (Å²) in [6, 6.07) is 16.8. The van der Waals surface area contributed by atoms with Crippen molar-refractivity contribution >= 4 is 29.8 Å². The van der Waals surface area contributed by atoms with Crippen LogP contribution in [0.5, 0.6) is 0 Å². The first kappa shape index (κ1) is 39.6. The van der Waals surface area contributed by atoms with E-state index in [1.54, 1.807) is 69.3 Å². The van der Waals surface area contributed by atoms with Crippen LogP contribution in [0.1, 0.15) is 77.7 Å². The first-order chi connectivity index (χ1) is 26.3. The van der Waals surface area contributed by atoms with Gasteiger partial charge in [-0.3, -0.25) is 19.2 Å². The molecule has 14 unspecified atom stereocenters. The number of fused-ring (bicyclic) bond motifs is 2. The largest absolute Gasteiger partial charge is 0.459 e. The van der Waals surface area contributed by atoms with Crippen molar-refractivity contribution in [3.8, 4) is 0 Å². The summed E-state index contributed by atoms with van der Waals surface area (Å²) in [5.74, 6) is -10.1. The van der Waals surface area contributed by atoms with E-state index in [0.29, 0.717) is 11.1 Å². The van der Waals surface area contributed by atoms with Crippen molar-refractivity contribution in [1.82, 2.24) is 0 Å². The summed E-state index contributed by atoms with van der Waals surface area (Å²) in [7, 11) is 0. The topological polar surface area (TPSA) is 179 Å². The maximum absolute atomic E-state index is 14.6. The molecule has 0 radical (unpaired) electrons. The van der Waals surface area contributed by atoms with Crippen LogP contribution in [0.4, 0.5) is 0 Å². The van der Waals surface area contributed by atoms with Crippen molar-refractivity contribution in [3.63, 3.8) is 0 Å². The number of hydrogen-bond acceptors (Lipinski definition) is 14. The minimum atomic E-state index is -2.45. The molecule has 5 fully saturated rings. The fourth-order valence-corrected chi connectivity index (χ4v) is 10.8. The van der Waals surface area contributed by atoms with Gasteiger partial charge in [-0.2, -0.15) is 0 Å². The Labute approximate surface area is 324 Å². The second kappa shape index (κ2) is 13.5. The van der Waals surface area contributed by atoms with Crippen molar-refractivity contribution in [2.45, 2.75) is 121 Å². The molecular formula is C42H48O14. The molecule has 2 saturated heterocycles. The monoisotopic (exact) mass is 776 g/mol. The van der Waals surface area contributed by atoms with Gasteiger partial charge in [0.25, 0.3) is 0 Å². The second-order valence-corrected chi connectivity index (χ2v) is 16.1. The lowest BCUT2D eigenvalue weighted by atomic mass is 9.52. The van der Waals surface area contributed by atoms with Gasteiger partial charge in [-0.25, -0.2) is 4.79 Å². The lowest BCUT2D eigenvalue weighted by Crippen LogP contribution is -2.77. The third kappa shape index (κ3) is 5.47. The number of carbonyl (C=O) groups excluding carboxylic acids is 5. The minimum absolute atomic E-state index is 0.0615. The van der Waals surface area contributed by atoms with Crippen LogP contribution >= 0.6 is 0 Å². The summed E-state index contributed by atoms with van der Waals surface area (Å²) < 4.78 is 52.8. The van der Waals surface area contributed by atoms with Gasteiger partial charge in [0.05, 0.1) is 17.1 Å². The van der Waals surface area contributed by atoms with Gasteiger partial charge in [0.15, 0.2) is 17.3 Å². The summed E-state index contributed by atoms with van der Waals surface area (Å²) in [6.07, 6.45) is -7.30. The summed E-state index contributed by atoms with van der Waals surface area (Å²) in [5.41, 5.74) is -7.35. The molecule has 5 aliphatic rings. The van der Waals surface area contributed by atoms with Gasteiger partial charge in [0.1, 0.15) is 30.0 Å². The van der Waals surface area contributed by atoms with Crippen LogP contribution in [0.15, 0.2) is 72.8 Å². The average molecular weight is 777 g/mol. The Balaban J connectivity index is 1.64. The Morgan fingerprint density at radius 1 is 0.750 bits per heavy atom. The van der Waals surface area contributed by atoms with Gasteiger partial charge in [-0.05, 0) is 43.9 Å². The zero-order valence-corrected chi connectivity index (χ0v) is 32.6. The first-order valence-electron chi connectivity index (χ1n) is 18.8. The van der Waals surface area contributed by atoms with Crippen molar-refractivity contribution in [1.29, 1.82) is 0 Å². The van der Waals surface area contributed by atoms with Gasteiger partial charge >= 0.3 is 35.8 Å². The highest BCUT2D eigenvalue weighted by molar-refractivity contribution is 5.90. The van der Waals surface area contributed by atoms with Gasteiger partial charge < -0.3 is 43.0 Å². The third-order valence-electron chi connectivity index (χ3n) is 12.5. The lowest BCUT2D eigenvalue weighted by molar-refractivity contribution is -0.446. The Kier molecular flexibility index (Phi) is 9.54. The molecule has 3 saturated carbocycles. The molecule has 2 heterocycles. The maximum atomic E-state index is 14.6. The highest BCUT2D eigenvalue weighted by Crippen LogP contribution is 2.73. The highest BCUT2D eigenvalue weighted by Gasteiger charge is 2.89. The molecule has 2 aromatic carbocycles. The van der Waals surface area contributed by atoms with Gasteiger partial charge in [-0.15, -0.1) is 0 Å². The molecule has 3 bridgehead atoms. The number of hydrogen-bond donors (Lipinski definition) is 1. The van der Waals surface area contributed by atoms with Gasteiger partial charge in [-0.1, -0.05) is 69.0 Å². The van der Waals surface area contributed by atoms with E-state index in [9.17, 15) is 29.1 Å². The molecule has 14 heteroatoms. The van der Waals surface area contributed by atoms with Crippen LogP contribution in [0.3, 0.4) is 0 Å². The van der Waals surface area contributed by atoms with Gasteiger partial charge in [0, 0.05) is 45.1 Å². The van der Waals surface area contributed by atoms with Gasteiger partial charge in [0.2, 0.25) is 0 Å². The van der Waals surface area contributed by atoms with E-state index >= 15 is 0 Å². The summed E-state index contributed by atoms with van der Waals surface area (Å²) in [6.45, 7) is 15.6. The molecular weight excluding hydrogens is 728 g/mol. The number of esters is 5. The SMILES string of the molecule is C=C(C)C12OC3(c4ccccc4)OC1C1C(OC(C)=O)C(C)(O)C(OC(C)=O)C4(OC(=O)c5ccccc5)C(OC(C)=O)C(C)CC4C1(O3)C(C)C2OC(C)=O. The van der Waals surface area contributed by atoms with E-state index in [4.69, 9.17) is 37.9 Å². The number of benzene rings is 2.